The zero-order valence-electron chi connectivity index (χ0n) is 15.5. The molecule has 3 N–H and O–H groups in total. The highest BCUT2D eigenvalue weighted by atomic mass is 16.5. The maximum atomic E-state index is 12.7. The third-order valence-corrected chi connectivity index (χ3v) is 4.99. The van der Waals surface area contributed by atoms with E-state index in [0.29, 0.717) is 0 Å². The Balaban J connectivity index is 1.59. The van der Waals surface area contributed by atoms with Gasteiger partial charge < -0.3 is 10.1 Å². The Kier molecular flexibility index (Phi) is 5.91. The van der Waals surface area contributed by atoms with Gasteiger partial charge in [-0.3, -0.25) is 4.79 Å². The third-order valence-electron chi connectivity index (χ3n) is 4.99. The van der Waals surface area contributed by atoms with Gasteiger partial charge in [0.1, 0.15) is 11.8 Å². The summed E-state index contributed by atoms with van der Waals surface area (Å²) in [5.41, 5.74) is 8.70. The quantitative estimate of drug-likeness (QED) is 0.747. The molecule has 4 atom stereocenters. The molecule has 3 rings (SSSR count). The van der Waals surface area contributed by atoms with Gasteiger partial charge in [0.2, 0.25) is 5.91 Å². The molecule has 2 aromatic rings. The van der Waals surface area contributed by atoms with Crippen molar-refractivity contribution in [3.8, 4) is 5.75 Å². The van der Waals surface area contributed by atoms with Crippen LogP contribution < -0.4 is 20.9 Å². The second-order valence-electron chi connectivity index (χ2n) is 6.94. The number of carbonyl (C=O) groups is 1. The summed E-state index contributed by atoms with van der Waals surface area (Å²) in [6.07, 6.45) is 0.729. The van der Waals surface area contributed by atoms with Crippen molar-refractivity contribution in [3.63, 3.8) is 0 Å². The van der Waals surface area contributed by atoms with E-state index >= 15 is 0 Å². The number of nitrogens with one attached hydrogen (secondary N) is 3. The first-order valence-corrected chi connectivity index (χ1v) is 9.08. The molecule has 0 saturated carbocycles. The fourth-order valence-corrected chi connectivity index (χ4v) is 3.57. The van der Waals surface area contributed by atoms with E-state index < -0.39 is 0 Å². The van der Waals surface area contributed by atoms with Crippen molar-refractivity contribution < 1.29 is 9.53 Å². The zero-order chi connectivity index (χ0) is 18.5. The monoisotopic (exact) mass is 353 g/mol. The predicted molar refractivity (Wildman–Crippen MR) is 103 cm³/mol. The van der Waals surface area contributed by atoms with Crippen molar-refractivity contribution in [1.82, 2.24) is 16.2 Å². The van der Waals surface area contributed by atoms with Crippen molar-refractivity contribution in [2.45, 2.75) is 38.4 Å². The van der Waals surface area contributed by atoms with E-state index in [2.05, 4.69) is 35.2 Å². The number of ether oxygens (including phenoxy) is 1. The van der Waals surface area contributed by atoms with Gasteiger partial charge in [-0.25, -0.2) is 10.9 Å². The lowest BCUT2D eigenvalue weighted by atomic mass is 9.90. The highest BCUT2D eigenvalue weighted by molar-refractivity contribution is 5.82. The van der Waals surface area contributed by atoms with Gasteiger partial charge in [0.15, 0.2) is 0 Å². The van der Waals surface area contributed by atoms with Gasteiger partial charge in [0.25, 0.3) is 0 Å². The first-order chi connectivity index (χ1) is 12.6. The summed E-state index contributed by atoms with van der Waals surface area (Å²) in [5, 5.41) is 3.13. The number of carbonyl (C=O) groups excluding carboxylic acids is 1. The topological polar surface area (TPSA) is 62.4 Å². The first kappa shape index (κ1) is 18.4. The number of hydrazine groups is 1. The van der Waals surface area contributed by atoms with Crippen LogP contribution in [0.4, 0.5) is 0 Å². The molecule has 5 heteroatoms. The Hall–Kier alpha value is -2.37. The van der Waals surface area contributed by atoms with Crippen LogP contribution in [0.5, 0.6) is 5.75 Å². The van der Waals surface area contributed by atoms with Crippen molar-refractivity contribution in [2.75, 3.05) is 7.11 Å². The van der Waals surface area contributed by atoms with E-state index in [1.165, 1.54) is 5.56 Å². The zero-order valence-corrected chi connectivity index (χ0v) is 15.5. The van der Waals surface area contributed by atoms with E-state index in [1.807, 2.05) is 49.4 Å². The lowest BCUT2D eigenvalue weighted by molar-refractivity contribution is -0.124. The number of para-hydroxylation sites is 1. The lowest BCUT2D eigenvalue weighted by Crippen LogP contribution is -2.48. The van der Waals surface area contributed by atoms with Crippen molar-refractivity contribution in [1.29, 1.82) is 0 Å². The largest absolute Gasteiger partial charge is 0.496 e. The van der Waals surface area contributed by atoms with Gasteiger partial charge >= 0.3 is 0 Å². The second kappa shape index (κ2) is 8.34. The number of amides is 1. The average molecular weight is 353 g/mol. The molecular weight excluding hydrogens is 326 g/mol. The Bertz CT molecular complexity index is 735. The summed E-state index contributed by atoms with van der Waals surface area (Å²) < 4.78 is 5.40. The van der Waals surface area contributed by atoms with Gasteiger partial charge in [-0.1, -0.05) is 55.5 Å². The first-order valence-electron chi connectivity index (χ1n) is 9.08. The molecule has 0 spiro atoms. The van der Waals surface area contributed by atoms with E-state index in [1.54, 1.807) is 7.11 Å². The minimum Gasteiger partial charge on any atom is -0.496 e. The molecule has 1 saturated heterocycles. The van der Waals surface area contributed by atoms with Crippen molar-refractivity contribution in [2.24, 2.45) is 5.92 Å². The fourth-order valence-electron chi connectivity index (χ4n) is 3.57. The van der Waals surface area contributed by atoms with Crippen molar-refractivity contribution in [3.05, 3.63) is 65.7 Å². The SMILES string of the molecule is COc1ccccc1CC(C)NC(=O)C1NNC(c2ccccc2)C1C. The van der Waals surface area contributed by atoms with Crippen LogP contribution in [0.2, 0.25) is 0 Å². The molecule has 1 aliphatic rings. The molecule has 1 fully saturated rings. The highest BCUT2D eigenvalue weighted by Gasteiger charge is 2.37. The summed E-state index contributed by atoms with van der Waals surface area (Å²) in [4.78, 5) is 12.7. The van der Waals surface area contributed by atoms with Gasteiger partial charge in [-0.05, 0) is 30.5 Å². The van der Waals surface area contributed by atoms with E-state index in [9.17, 15) is 4.79 Å². The standard InChI is InChI=1S/C21H27N3O2/c1-14(13-17-11-7-8-12-18(17)26-3)22-21(25)20-15(2)19(23-24-20)16-9-5-4-6-10-16/h4-12,14-15,19-20,23-24H,13H2,1-3H3,(H,22,25). The molecule has 1 heterocycles. The number of hydrogen-bond acceptors (Lipinski definition) is 4. The van der Waals surface area contributed by atoms with E-state index in [0.717, 1.165) is 17.7 Å². The van der Waals surface area contributed by atoms with Crippen LogP contribution in [0.15, 0.2) is 54.6 Å². The minimum absolute atomic E-state index is 0.0172. The predicted octanol–water partition coefficient (Wildman–Crippen LogP) is 2.60. The van der Waals surface area contributed by atoms with E-state index in [-0.39, 0.29) is 30.0 Å². The minimum atomic E-state index is -0.264. The molecule has 5 nitrogen and oxygen atoms in total. The molecule has 4 unspecified atom stereocenters. The molecular formula is C21H27N3O2. The van der Waals surface area contributed by atoms with Crippen LogP contribution in [-0.4, -0.2) is 25.1 Å². The number of benzene rings is 2. The smallest absolute Gasteiger partial charge is 0.239 e. The van der Waals surface area contributed by atoms with Gasteiger partial charge in [-0.15, -0.1) is 0 Å². The Morgan fingerprint density at radius 3 is 2.54 bits per heavy atom. The normalized spacial score (nSPS) is 23.4. The molecule has 0 radical (unpaired) electrons. The molecule has 138 valence electrons. The van der Waals surface area contributed by atoms with Crippen LogP contribution in [0.25, 0.3) is 0 Å². The summed E-state index contributed by atoms with van der Waals surface area (Å²) in [6.45, 7) is 4.12. The fraction of sp³-hybridized carbons (Fsp3) is 0.381. The van der Waals surface area contributed by atoms with Gasteiger partial charge in [0.05, 0.1) is 13.2 Å². The maximum Gasteiger partial charge on any atom is 0.239 e. The lowest BCUT2D eigenvalue weighted by Gasteiger charge is -2.21. The second-order valence-corrected chi connectivity index (χ2v) is 6.94. The molecule has 0 aromatic heterocycles. The third kappa shape index (κ3) is 4.06. The number of hydrogen-bond donors (Lipinski definition) is 3. The summed E-state index contributed by atoms with van der Waals surface area (Å²) >= 11 is 0. The number of rotatable bonds is 6. The summed E-state index contributed by atoms with van der Waals surface area (Å²) in [7, 11) is 1.67. The molecule has 0 aliphatic carbocycles. The molecule has 0 bridgehead atoms. The van der Waals surface area contributed by atoms with Crippen LogP contribution in [0, 0.1) is 5.92 Å². The van der Waals surface area contributed by atoms with E-state index in [4.69, 9.17) is 4.74 Å². The Morgan fingerprint density at radius 2 is 1.81 bits per heavy atom. The Labute approximate surface area is 155 Å². The van der Waals surface area contributed by atoms with Gasteiger partial charge in [-0.2, -0.15) is 0 Å². The molecule has 1 amide bonds. The molecule has 26 heavy (non-hydrogen) atoms. The van der Waals surface area contributed by atoms with Gasteiger partial charge in [0, 0.05) is 12.0 Å². The Morgan fingerprint density at radius 1 is 1.12 bits per heavy atom. The van der Waals surface area contributed by atoms with Crippen molar-refractivity contribution >= 4 is 5.91 Å². The number of methoxy groups -OCH3 is 1. The van der Waals surface area contributed by atoms with Crippen LogP contribution in [0.1, 0.15) is 31.0 Å². The van der Waals surface area contributed by atoms with Crippen LogP contribution in [-0.2, 0) is 11.2 Å². The molecule has 1 aliphatic heterocycles. The highest BCUT2D eigenvalue weighted by Crippen LogP contribution is 2.28. The maximum absolute atomic E-state index is 12.7. The summed E-state index contributed by atoms with van der Waals surface area (Å²) in [6, 6.07) is 18.0. The van der Waals surface area contributed by atoms with Crippen LogP contribution >= 0.6 is 0 Å². The van der Waals surface area contributed by atoms with Crippen LogP contribution in [0.3, 0.4) is 0 Å². The average Bonchev–Trinajstić information content (AvgIpc) is 3.04. The molecule has 2 aromatic carbocycles. The summed E-state index contributed by atoms with van der Waals surface area (Å²) in [5.74, 6) is 1.02.